The summed E-state index contributed by atoms with van der Waals surface area (Å²) >= 11 is 5.99. The molecule has 0 spiro atoms. The lowest BCUT2D eigenvalue weighted by Crippen LogP contribution is -2.21. The zero-order valence-corrected chi connectivity index (χ0v) is 12.6. The van der Waals surface area contributed by atoms with Crippen LogP contribution in [-0.4, -0.2) is 14.5 Å². The Morgan fingerprint density at radius 2 is 1.83 bits per heavy atom. The molecule has 112 valence electrons. The van der Waals surface area contributed by atoms with Gasteiger partial charge in [0.1, 0.15) is 22.1 Å². The van der Waals surface area contributed by atoms with Gasteiger partial charge in [0.05, 0.1) is 0 Å². The number of halogens is 1. The third-order valence-corrected chi connectivity index (χ3v) is 3.71. The number of pyridine rings is 2. The van der Waals surface area contributed by atoms with Gasteiger partial charge in [0.15, 0.2) is 5.58 Å². The second-order valence-electron chi connectivity index (χ2n) is 4.88. The number of hydrogen-bond donors (Lipinski definition) is 0. The first-order valence-corrected chi connectivity index (χ1v) is 7.31. The SMILES string of the molecule is O=c1c(Cl)ccc(-c2nc3ccccc3o2)n1-c1ccccn1. The average Bonchev–Trinajstić information content (AvgIpc) is 3.02. The number of hydrogen-bond acceptors (Lipinski definition) is 4. The Hall–Kier alpha value is -2.92. The van der Waals surface area contributed by atoms with Crippen LogP contribution < -0.4 is 5.56 Å². The molecule has 0 aliphatic heterocycles. The Bertz CT molecular complexity index is 1020. The Morgan fingerprint density at radius 3 is 2.61 bits per heavy atom. The summed E-state index contributed by atoms with van der Waals surface area (Å²) in [7, 11) is 0. The van der Waals surface area contributed by atoms with Gasteiger partial charge in [-0.05, 0) is 36.4 Å². The molecule has 0 amide bonds. The molecular formula is C17H10ClN3O2. The fraction of sp³-hybridized carbons (Fsp3) is 0. The standard InChI is InChI=1S/C17H10ClN3O2/c18-11-8-9-13(16-20-12-5-1-2-6-14(12)23-16)21(17(11)22)15-7-3-4-10-19-15/h1-10H. The summed E-state index contributed by atoms with van der Waals surface area (Å²) in [5.74, 6) is 0.794. The van der Waals surface area contributed by atoms with Crippen LogP contribution in [-0.2, 0) is 0 Å². The molecule has 3 heterocycles. The molecule has 6 heteroatoms. The molecule has 0 atom stereocenters. The van der Waals surface area contributed by atoms with E-state index in [4.69, 9.17) is 16.0 Å². The van der Waals surface area contributed by atoms with E-state index in [2.05, 4.69) is 9.97 Å². The molecule has 3 aromatic heterocycles. The summed E-state index contributed by atoms with van der Waals surface area (Å²) in [5.41, 5.74) is 1.49. The highest BCUT2D eigenvalue weighted by Gasteiger charge is 2.16. The fourth-order valence-corrected chi connectivity index (χ4v) is 2.52. The van der Waals surface area contributed by atoms with Crippen molar-refractivity contribution in [2.45, 2.75) is 0 Å². The van der Waals surface area contributed by atoms with Gasteiger partial charge in [-0.1, -0.05) is 29.8 Å². The average molecular weight is 324 g/mol. The zero-order chi connectivity index (χ0) is 15.8. The van der Waals surface area contributed by atoms with Gasteiger partial charge in [-0.15, -0.1) is 0 Å². The molecule has 5 nitrogen and oxygen atoms in total. The van der Waals surface area contributed by atoms with Crippen molar-refractivity contribution in [1.82, 2.24) is 14.5 Å². The topological polar surface area (TPSA) is 60.9 Å². The zero-order valence-electron chi connectivity index (χ0n) is 11.8. The maximum absolute atomic E-state index is 12.5. The van der Waals surface area contributed by atoms with Gasteiger partial charge < -0.3 is 4.42 Å². The molecule has 4 rings (SSSR count). The molecule has 0 unspecified atom stereocenters. The van der Waals surface area contributed by atoms with E-state index in [9.17, 15) is 4.79 Å². The minimum Gasteiger partial charge on any atom is -0.435 e. The van der Waals surface area contributed by atoms with E-state index in [1.54, 1.807) is 30.5 Å². The highest BCUT2D eigenvalue weighted by atomic mass is 35.5. The summed E-state index contributed by atoms with van der Waals surface area (Å²) in [5, 5.41) is 0.107. The molecule has 0 saturated carbocycles. The van der Waals surface area contributed by atoms with E-state index in [1.165, 1.54) is 10.6 Å². The number of rotatable bonds is 2. The van der Waals surface area contributed by atoms with Gasteiger partial charge in [0, 0.05) is 6.20 Å². The fourth-order valence-electron chi connectivity index (χ4n) is 2.38. The van der Waals surface area contributed by atoms with Crippen LogP contribution in [0.3, 0.4) is 0 Å². The molecule has 0 N–H and O–H groups in total. The van der Waals surface area contributed by atoms with E-state index in [0.29, 0.717) is 23.0 Å². The van der Waals surface area contributed by atoms with Gasteiger partial charge >= 0.3 is 0 Å². The molecule has 0 saturated heterocycles. The van der Waals surface area contributed by atoms with E-state index in [1.807, 2.05) is 24.3 Å². The van der Waals surface area contributed by atoms with Crippen LogP contribution in [0, 0.1) is 0 Å². The lowest BCUT2D eigenvalue weighted by molar-refractivity contribution is 0.612. The number of aromatic nitrogens is 3. The van der Waals surface area contributed by atoms with Crippen LogP contribution in [0.2, 0.25) is 5.02 Å². The number of fused-ring (bicyclic) bond motifs is 1. The first kappa shape index (κ1) is 13.7. The van der Waals surface area contributed by atoms with Gasteiger partial charge in [-0.2, -0.15) is 0 Å². The van der Waals surface area contributed by atoms with Crippen molar-refractivity contribution in [3.63, 3.8) is 0 Å². The minimum absolute atomic E-state index is 0.107. The van der Waals surface area contributed by atoms with Crippen LogP contribution in [0.15, 0.2) is 70.0 Å². The second-order valence-corrected chi connectivity index (χ2v) is 5.29. The van der Waals surface area contributed by atoms with Crippen molar-refractivity contribution in [2.75, 3.05) is 0 Å². The lowest BCUT2D eigenvalue weighted by atomic mass is 10.3. The van der Waals surface area contributed by atoms with Crippen LogP contribution in [0.1, 0.15) is 0 Å². The smallest absolute Gasteiger partial charge is 0.275 e. The third kappa shape index (κ3) is 2.31. The molecule has 4 aromatic rings. The molecular weight excluding hydrogens is 314 g/mol. The first-order chi connectivity index (χ1) is 11.2. The molecule has 0 bridgehead atoms. The normalized spacial score (nSPS) is 11.0. The number of nitrogens with zero attached hydrogens (tertiary/aromatic N) is 3. The number of benzene rings is 1. The van der Waals surface area contributed by atoms with Crippen molar-refractivity contribution >= 4 is 22.7 Å². The summed E-state index contributed by atoms with van der Waals surface area (Å²) in [6, 6.07) is 15.9. The van der Waals surface area contributed by atoms with E-state index < -0.39 is 0 Å². The predicted molar refractivity (Wildman–Crippen MR) is 87.8 cm³/mol. The summed E-state index contributed by atoms with van der Waals surface area (Å²) < 4.78 is 7.17. The first-order valence-electron chi connectivity index (χ1n) is 6.93. The third-order valence-electron chi connectivity index (χ3n) is 3.43. The molecule has 0 aliphatic rings. The van der Waals surface area contributed by atoms with Crippen LogP contribution in [0.4, 0.5) is 0 Å². The van der Waals surface area contributed by atoms with E-state index >= 15 is 0 Å². The highest BCUT2D eigenvalue weighted by molar-refractivity contribution is 6.30. The van der Waals surface area contributed by atoms with E-state index in [0.717, 1.165) is 5.52 Å². The van der Waals surface area contributed by atoms with Crippen molar-refractivity contribution in [3.05, 3.63) is 76.2 Å². The summed E-state index contributed by atoms with van der Waals surface area (Å²) in [6.45, 7) is 0. The maximum atomic E-state index is 12.5. The quantitative estimate of drug-likeness (QED) is 0.564. The number of oxazole rings is 1. The van der Waals surface area contributed by atoms with Crippen molar-refractivity contribution in [3.8, 4) is 17.4 Å². The molecule has 23 heavy (non-hydrogen) atoms. The predicted octanol–water partition coefficient (Wildman–Crippen LogP) is 3.69. The molecule has 0 aliphatic carbocycles. The van der Waals surface area contributed by atoms with Gasteiger partial charge in [0.2, 0.25) is 5.89 Å². The van der Waals surface area contributed by atoms with Crippen LogP contribution in [0.5, 0.6) is 0 Å². The molecule has 0 fully saturated rings. The van der Waals surface area contributed by atoms with Crippen molar-refractivity contribution in [1.29, 1.82) is 0 Å². The van der Waals surface area contributed by atoms with Crippen LogP contribution in [0.25, 0.3) is 28.5 Å². The maximum Gasteiger partial charge on any atom is 0.275 e. The highest BCUT2D eigenvalue weighted by Crippen LogP contribution is 2.25. The lowest BCUT2D eigenvalue weighted by Gasteiger charge is -2.09. The number of para-hydroxylation sites is 2. The van der Waals surface area contributed by atoms with Crippen LogP contribution >= 0.6 is 11.6 Å². The van der Waals surface area contributed by atoms with Gasteiger partial charge in [-0.25, -0.2) is 9.97 Å². The molecule has 0 radical (unpaired) electrons. The van der Waals surface area contributed by atoms with Gasteiger partial charge in [-0.3, -0.25) is 9.36 Å². The Labute approximate surface area is 135 Å². The Balaban J connectivity index is 2.02. The monoisotopic (exact) mass is 323 g/mol. The van der Waals surface area contributed by atoms with Crippen molar-refractivity contribution < 1.29 is 4.42 Å². The Morgan fingerprint density at radius 1 is 1.00 bits per heavy atom. The summed E-state index contributed by atoms with van der Waals surface area (Å²) in [6.07, 6.45) is 1.61. The summed E-state index contributed by atoms with van der Waals surface area (Å²) in [4.78, 5) is 21.2. The molecule has 1 aromatic carbocycles. The van der Waals surface area contributed by atoms with E-state index in [-0.39, 0.29) is 10.6 Å². The second kappa shape index (κ2) is 5.37. The Kier molecular flexibility index (Phi) is 3.20. The van der Waals surface area contributed by atoms with Crippen molar-refractivity contribution in [2.24, 2.45) is 0 Å². The largest absolute Gasteiger partial charge is 0.435 e. The minimum atomic E-state index is -0.370. The van der Waals surface area contributed by atoms with Gasteiger partial charge in [0.25, 0.3) is 5.56 Å².